The van der Waals surface area contributed by atoms with Crippen molar-refractivity contribution in [2.45, 2.75) is 13.8 Å². The molecule has 0 aliphatic rings. The zero-order chi connectivity index (χ0) is 18.3. The zero-order valence-electron chi connectivity index (χ0n) is 14.5. The van der Waals surface area contributed by atoms with Gasteiger partial charge in [0.2, 0.25) is 0 Å². The molecule has 0 unspecified atom stereocenters. The monoisotopic (exact) mass is 338 g/mol. The van der Waals surface area contributed by atoms with Gasteiger partial charge in [-0.2, -0.15) is 0 Å². The molecule has 0 aliphatic carbocycles. The molecule has 7 heteroatoms. The molecule has 1 aromatic carbocycles. The summed E-state index contributed by atoms with van der Waals surface area (Å²) in [7, 11) is 2.93. The van der Waals surface area contributed by atoms with Gasteiger partial charge in [-0.3, -0.25) is 18.7 Å². The van der Waals surface area contributed by atoms with Gasteiger partial charge in [0.25, 0.3) is 11.5 Å². The largest absolute Gasteiger partial charge is 0.332 e. The van der Waals surface area contributed by atoms with Gasteiger partial charge in [-0.15, -0.1) is 0 Å². The lowest BCUT2D eigenvalue weighted by Gasteiger charge is -2.11. The van der Waals surface area contributed by atoms with Crippen LogP contribution in [-0.4, -0.2) is 20.0 Å². The molecule has 0 spiro atoms. The van der Waals surface area contributed by atoms with Crippen molar-refractivity contribution < 1.29 is 4.79 Å². The molecular formula is C18H18N4O3. The second-order valence-corrected chi connectivity index (χ2v) is 6.02. The SMILES string of the molecule is Cc1ccc(C(=O)Nc2ccnc3c2c(=O)n(C)c(=O)n3C)cc1C. The fraction of sp³-hybridized carbons (Fsp3) is 0.222. The second-order valence-electron chi connectivity index (χ2n) is 6.02. The Kier molecular flexibility index (Phi) is 4.00. The van der Waals surface area contributed by atoms with Crippen molar-refractivity contribution in [3.8, 4) is 0 Å². The minimum Gasteiger partial charge on any atom is -0.321 e. The van der Waals surface area contributed by atoms with Gasteiger partial charge >= 0.3 is 5.69 Å². The number of nitrogens with zero attached hydrogens (tertiary/aromatic N) is 3. The number of aryl methyl sites for hydroxylation is 3. The van der Waals surface area contributed by atoms with E-state index in [4.69, 9.17) is 0 Å². The lowest BCUT2D eigenvalue weighted by Crippen LogP contribution is -2.37. The van der Waals surface area contributed by atoms with E-state index in [9.17, 15) is 14.4 Å². The fourth-order valence-electron chi connectivity index (χ4n) is 2.67. The van der Waals surface area contributed by atoms with Gasteiger partial charge in [-0.25, -0.2) is 9.78 Å². The molecule has 25 heavy (non-hydrogen) atoms. The van der Waals surface area contributed by atoms with E-state index in [1.165, 1.54) is 24.9 Å². The molecule has 7 nitrogen and oxygen atoms in total. The Bertz CT molecular complexity index is 1130. The molecule has 0 fully saturated rings. The normalized spacial score (nSPS) is 10.9. The summed E-state index contributed by atoms with van der Waals surface area (Å²) in [6.07, 6.45) is 1.46. The number of anilines is 1. The van der Waals surface area contributed by atoms with Crippen LogP contribution in [0.4, 0.5) is 5.69 Å². The number of hydrogen-bond acceptors (Lipinski definition) is 4. The number of hydrogen-bond donors (Lipinski definition) is 1. The molecule has 2 aromatic heterocycles. The Labute approximate surface area is 143 Å². The van der Waals surface area contributed by atoms with Crippen LogP contribution in [0, 0.1) is 13.8 Å². The fourth-order valence-corrected chi connectivity index (χ4v) is 2.67. The van der Waals surface area contributed by atoms with Gasteiger partial charge in [0.05, 0.1) is 5.69 Å². The molecule has 128 valence electrons. The van der Waals surface area contributed by atoms with Crippen molar-refractivity contribution in [3.05, 3.63) is 68.0 Å². The number of fused-ring (bicyclic) bond motifs is 1. The van der Waals surface area contributed by atoms with Crippen molar-refractivity contribution in [3.63, 3.8) is 0 Å². The molecule has 0 saturated carbocycles. The van der Waals surface area contributed by atoms with Crippen LogP contribution >= 0.6 is 0 Å². The molecule has 0 aliphatic heterocycles. The third-order valence-corrected chi connectivity index (χ3v) is 4.36. The highest BCUT2D eigenvalue weighted by atomic mass is 16.2. The van der Waals surface area contributed by atoms with Gasteiger partial charge in [0.1, 0.15) is 5.39 Å². The van der Waals surface area contributed by atoms with Crippen molar-refractivity contribution in [1.82, 2.24) is 14.1 Å². The molecule has 0 radical (unpaired) electrons. The summed E-state index contributed by atoms with van der Waals surface area (Å²) >= 11 is 0. The van der Waals surface area contributed by atoms with Crippen LogP contribution in [0.25, 0.3) is 11.0 Å². The standard InChI is InChI=1S/C18H18N4O3/c1-10-5-6-12(9-11(10)2)16(23)20-13-7-8-19-15-14(13)17(24)22(4)18(25)21(15)3/h5-9H,1-4H3,(H,19,20,23). The van der Waals surface area contributed by atoms with Crippen LogP contribution in [-0.2, 0) is 14.1 Å². The van der Waals surface area contributed by atoms with E-state index in [2.05, 4.69) is 10.3 Å². The highest BCUT2D eigenvalue weighted by molar-refractivity contribution is 6.08. The summed E-state index contributed by atoms with van der Waals surface area (Å²) in [5, 5.41) is 2.95. The number of amides is 1. The predicted octanol–water partition coefficient (Wildman–Crippen LogP) is 1.50. The molecule has 0 atom stereocenters. The number of aromatic nitrogens is 3. The summed E-state index contributed by atoms with van der Waals surface area (Å²) in [6, 6.07) is 6.95. The second kappa shape index (κ2) is 6.01. The molecule has 1 amide bonds. The highest BCUT2D eigenvalue weighted by Crippen LogP contribution is 2.18. The van der Waals surface area contributed by atoms with Crippen molar-refractivity contribution >= 4 is 22.6 Å². The summed E-state index contributed by atoms with van der Waals surface area (Å²) in [4.78, 5) is 41.2. The average Bonchev–Trinajstić information content (AvgIpc) is 2.60. The van der Waals surface area contributed by atoms with Crippen LogP contribution < -0.4 is 16.6 Å². The van der Waals surface area contributed by atoms with Crippen LogP contribution in [0.2, 0.25) is 0 Å². The number of carbonyl (C=O) groups excluding carboxylic acids is 1. The predicted molar refractivity (Wildman–Crippen MR) is 96.1 cm³/mol. The highest BCUT2D eigenvalue weighted by Gasteiger charge is 2.15. The minimum absolute atomic E-state index is 0.198. The molecule has 0 bridgehead atoms. The summed E-state index contributed by atoms with van der Waals surface area (Å²) in [5.74, 6) is -0.327. The van der Waals surface area contributed by atoms with E-state index >= 15 is 0 Å². The van der Waals surface area contributed by atoms with Gasteiger partial charge < -0.3 is 5.32 Å². The van der Waals surface area contributed by atoms with Crippen molar-refractivity contribution in [2.75, 3.05) is 5.32 Å². The Morgan fingerprint density at radius 1 is 1.04 bits per heavy atom. The summed E-state index contributed by atoms with van der Waals surface area (Å²) in [6.45, 7) is 3.90. The van der Waals surface area contributed by atoms with Gasteiger partial charge in [-0.05, 0) is 43.2 Å². The smallest absolute Gasteiger partial charge is 0.321 e. The Balaban J connectivity index is 2.13. The van der Waals surface area contributed by atoms with Crippen LogP contribution in [0.5, 0.6) is 0 Å². The van der Waals surface area contributed by atoms with Gasteiger partial charge in [0, 0.05) is 25.9 Å². The number of pyridine rings is 1. The maximum atomic E-state index is 12.6. The van der Waals surface area contributed by atoms with E-state index in [1.54, 1.807) is 18.2 Å². The van der Waals surface area contributed by atoms with Crippen molar-refractivity contribution in [1.29, 1.82) is 0 Å². The average molecular weight is 338 g/mol. The maximum Gasteiger partial charge on any atom is 0.332 e. The van der Waals surface area contributed by atoms with E-state index in [1.807, 2.05) is 19.9 Å². The Hall–Kier alpha value is -3.22. The van der Waals surface area contributed by atoms with Gasteiger partial charge in [-0.1, -0.05) is 6.07 Å². The van der Waals surface area contributed by atoms with E-state index in [-0.39, 0.29) is 16.9 Å². The summed E-state index contributed by atoms with van der Waals surface area (Å²) < 4.78 is 2.28. The third kappa shape index (κ3) is 2.73. The van der Waals surface area contributed by atoms with E-state index in [0.717, 1.165) is 15.7 Å². The molecule has 0 saturated heterocycles. The molecule has 3 rings (SSSR count). The van der Waals surface area contributed by atoms with Crippen molar-refractivity contribution in [2.24, 2.45) is 14.1 Å². The van der Waals surface area contributed by atoms with Crippen LogP contribution in [0.1, 0.15) is 21.5 Å². The first-order chi connectivity index (χ1) is 11.8. The topological polar surface area (TPSA) is 86.0 Å². The lowest BCUT2D eigenvalue weighted by atomic mass is 10.1. The first kappa shape index (κ1) is 16.6. The number of carbonyl (C=O) groups is 1. The molecule has 2 heterocycles. The lowest BCUT2D eigenvalue weighted by molar-refractivity contribution is 0.102. The zero-order valence-corrected chi connectivity index (χ0v) is 14.5. The van der Waals surface area contributed by atoms with Crippen LogP contribution in [0.15, 0.2) is 40.1 Å². The number of benzene rings is 1. The maximum absolute atomic E-state index is 12.6. The number of nitrogens with one attached hydrogen (secondary N) is 1. The Morgan fingerprint density at radius 2 is 1.76 bits per heavy atom. The number of rotatable bonds is 2. The quantitative estimate of drug-likeness (QED) is 0.767. The first-order valence-corrected chi connectivity index (χ1v) is 7.74. The minimum atomic E-state index is -0.499. The third-order valence-electron chi connectivity index (χ3n) is 4.36. The van der Waals surface area contributed by atoms with E-state index < -0.39 is 11.2 Å². The molecule has 3 aromatic rings. The van der Waals surface area contributed by atoms with E-state index in [0.29, 0.717) is 11.3 Å². The first-order valence-electron chi connectivity index (χ1n) is 7.74. The summed E-state index contributed by atoms with van der Waals surface area (Å²) in [5.41, 5.74) is 2.18. The molecular weight excluding hydrogens is 320 g/mol. The van der Waals surface area contributed by atoms with Crippen LogP contribution in [0.3, 0.4) is 0 Å². The molecule has 1 N–H and O–H groups in total. The van der Waals surface area contributed by atoms with Gasteiger partial charge in [0.15, 0.2) is 5.65 Å². The Morgan fingerprint density at radius 3 is 2.44 bits per heavy atom.